The van der Waals surface area contributed by atoms with Crippen LogP contribution in [0.4, 0.5) is 0 Å². The van der Waals surface area contributed by atoms with E-state index in [0.29, 0.717) is 12.5 Å². The molecule has 0 saturated carbocycles. The van der Waals surface area contributed by atoms with E-state index < -0.39 is 0 Å². The van der Waals surface area contributed by atoms with E-state index in [2.05, 4.69) is 41.7 Å². The molecular formula is C19H35N5OS. The van der Waals surface area contributed by atoms with E-state index in [4.69, 9.17) is 14.7 Å². The van der Waals surface area contributed by atoms with Crippen LogP contribution < -0.4 is 10.6 Å². The van der Waals surface area contributed by atoms with Gasteiger partial charge in [-0.05, 0) is 52.1 Å². The maximum Gasteiger partial charge on any atom is 0.191 e. The predicted octanol–water partition coefficient (Wildman–Crippen LogP) is 2.51. The average molecular weight is 382 g/mol. The predicted molar refractivity (Wildman–Crippen MR) is 110 cm³/mol. The highest BCUT2D eigenvalue weighted by Crippen LogP contribution is 2.20. The Hall–Kier alpha value is -1.18. The van der Waals surface area contributed by atoms with E-state index in [9.17, 15) is 0 Å². The molecule has 0 radical (unpaired) electrons. The normalized spacial score (nSPS) is 18.1. The van der Waals surface area contributed by atoms with Gasteiger partial charge in [0.25, 0.3) is 0 Å². The van der Waals surface area contributed by atoms with Crippen LogP contribution in [0.5, 0.6) is 0 Å². The Bertz CT molecular complexity index is 540. The number of ether oxygens (including phenoxy) is 1. The largest absolute Gasteiger partial charge is 0.383 e. The monoisotopic (exact) mass is 381 g/mol. The van der Waals surface area contributed by atoms with Gasteiger partial charge in [-0.3, -0.25) is 9.89 Å². The minimum absolute atomic E-state index is 0.255. The topological polar surface area (TPSA) is 61.8 Å². The van der Waals surface area contributed by atoms with Crippen molar-refractivity contribution in [2.75, 3.05) is 39.9 Å². The summed E-state index contributed by atoms with van der Waals surface area (Å²) in [7, 11) is 1.73. The summed E-state index contributed by atoms with van der Waals surface area (Å²) in [6.45, 7) is 12.1. The van der Waals surface area contributed by atoms with Gasteiger partial charge in [-0.15, -0.1) is 11.3 Å². The van der Waals surface area contributed by atoms with Crippen molar-refractivity contribution >= 4 is 17.3 Å². The Morgan fingerprint density at radius 3 is 2.81 bits per heavy atom. The van der Waals surface area contributed by atoms with Crippen molar-refractivity contribution in [3.8, 4) is 0 Å². The molecule has 0 amide bonds. The van der Waals surface area contributed by atoms with Crippen LogP contribution >= 0.6 is 11.3 Å². The van der Waals surface area contributed by atoms with Gasteiger partial charge in [-0.1, -0.05) is 6.92 Å². The van der Waals surface area contributed by atoms with Gasteiger partial charge in [0.05, 0.1) is 17.3 Å². The molecule has 1 atom stereocenters. The smallest absolute Gasteiger partial charge is 0.191 e. The van der Waals surface area contributed by atoms with E-state index >= 15 is 0 Å². The standard InChI is InChI=1S/C19H35N5OS/c1-5-18-23-17(14-26-18)12-24-9-7-16(8-10-24)11-21-19(20-6-2)22-15(3)13-25-4/h14-16H,5-13H2,1-4H3,(H2,20,21,22). The fourth-order valence-corrected chi connectivity index (χ4v) is 3.94. The second-order valence-electron chi connectivity index (χ2n) is 7.03. The molecule has 1 fully saturated rings. The number of nitrogens with zero attached hydrogens (tertiary/aromatic N) is 3. The summed E-state index contributed by atoms with van der Waals surface area (Å²) in [5.41, 5.74) is 1.23. The molecule has 0 bridgehead atoms. The highest BCUT2D eigenvalue weighted by Gasteiger charge is 2.20. The molecule has 0 aliphatic carbocycles. The first-order chi connectivity index (χ1) is 12.6. The van der Waals surface area contributed by atoms with Crippen molar-refractivity contribution in [3.05, 3.63) is 16.1 Å². The van der Waals surface area contributed by atoms with Gasteiger partial charge in [0.1, 0.15) is 0 Å². The Morgan fingerprint density at radius 1 is 1.42 bits per heavy atom. The van der Waals surface area contributed by atoms with Crippen LogP contribution in [0.25, 0.3) is 0 Å². The molecule has 1 unspecified atom stereocenters. The lowest BCUT2D eigenvalue weighted by molar-refractivity contribution is 0.177. The van der Waals surface area contributed by atoms with Gasteiger partial charge in [0, 0.05) is 38.2 Å². The van der Waals surface area contributed by atoms with Crippen LogP contribution in [0.3, 0.4) is 0 Å². The van der Waals surface area contributed by atoms with Crippen molar-refractivity contribution in [2.24, 2.45) is 10.9 Å². The molecule has 0 aromatic carbocycles. The number of nitrogens with one attached hydrogen (secondary N) is 2. The van der Waals surface area contributed by atoms with E-state index in [-0.39, 0.29) is 6.04 Å². The first kappa shape index (κ1) is 21.1. The summed E-state index contributed by atoms with van der Waals surface area (Å²) in [6, 6.07) is 0.255. The van der Waals surface area contributed by atoms with E-state index in [0.717, 1.165) is 45.1 Å². The zero-order valence-electron chi connectivity index (χ0n) is 16.8. The number of hydrogen-bond donors (Lipinski definition) is 2. The molecule has 1 aromatic heterocycles. The Balaban J connectivity index is 1.75. The number of likely N-dealkylation sites (tertiary alicyclic amines) is 1. The molecule has 1 aromatic rings. The summed E-state index contributed by atoms with van der Waals surface area (Å²) < 4.78 is 5.19. The van der Waals surface area contributed by atoms with Gasteiger partial charge in [-0.25, -0.2) is 4.98 Å². The number of aromatic nitrogens is 1. The van der Waals surface area contributed by atoms with Crippen LogP contribution in [0.2, 0.25) is 0 Å². The average Bonchev–Trinajstić information content (AvgIpc) is 3.09. The molecule has 1 saturated heterocycles. The molecule has 6 nitrogen and oxygen atoms in total. The number of methoxy groups -OCH3 is 1. The number of guanidine groups is 1. The summed E-state index contributed by atoms with van der Waals surface area (Å²) in [5.74, 6) is 1.56. The quantitative estimate of drug-likeness (QED) is 0.508. The summed E-state index contributed by atoms with van der Waals surface area (Å²) >= 11 is 1.78. The molecule has 148 valence electrons. The molecule has 0 spiro atoms. The van der Waals surface area contributed by atoms with Crippen LogP contribution in [0, 0.1) is 5.92 Å². The zero-order valence-corrected chi connectivity index (χ0v) is 17.6. The lowest BCUT2D eigenvalue weighted by atomic mass is 9.97. The first-order valence-corrected chi connectivity index (χ1v) is 10.7. The third-order valence-corrected chi connectivity index (χ3v) is 5.69. The Kier molecular flexibility index (Phi) is 9.36. The summed E-state index contributed by atoms with van der Waals surface area (Å²) in [5, 5.41) is 10.2. The number of piperidine rings is 1. The van der Waals surface area contributed by atoms with Crippen LogP contribution in [0.15, 0.2) is 10.4 Å². The van der Waals surface area contributed by atoms with Crippen LogP contribution in [0.1, 0.15) is 44.3 Å². The second kappa shape index (κ2) is 11.5. The highest BCUT2D eigenvalue weighted by molar-refractivity contribution is 7.09. The minimum atomic E-state index is 0.255. The number of aryl methyl sites for hydroxylation is 1. The first-order valence-electron chi connectivity index (χ1n) is 9.84. The fourth-order valence-electron chi connectivity index (χ4n) is 3.21. The number of hydrogen-bond acceptors (Lipinski definition) is 5. The van der Waals surface area contributed by atoms with Gasteiger partial charge in [-0.2, -0.15) is 0 Å². The highest BCUT2D eigenvalue weighted by atomic mass is 32.1. The van der Waals surface area contributed by atoms with Gasteiger partial charge in [0.15, 0.2) is 5.96 Å². The van der Waals surface area contributed by atoms with Crippen molar-refractivity contribution in [2.45, 2.75) is 52.6 Å². The molecule has 1 aliphatic rings. The molecule has 2 rings (SSSR count). The lowest BCUT2D eigenvalue weighted by Gasteiger charge is -2.30. The molecule has 1 aliphatic heterocycles. The van der Waals surface area contributed by atoms with E-state index in [1.54, 1.807) is 18.4 Å². The van der Waals surface area contributed by atoms with Crippen molar-refractivity contribution in [3.63, 3.8) is 0 Å². The van der Waals surface area contributed by atoms with Gasteiger partial charge in [0.2, 0.25) is 0 Å². The van der Waals surface area contributed by atoms with E-state index in [1.165, 1.54) is 23.5 Å². The van der Waals surface area contributed by atoms with E-state index in [1.807, 2.05) is 0 Å². The molecular weight excluding hydrogens is 346 g/mol. The summed E-state index contributed by atoms with van der Waals surface area (Å²) in [4.78, 5) is 12.0. The van der Waals surface area contributed by atoms with Crippen molar-refractivity contribution in [1.82, 2.24) is 20.5 Å². The summed E-state index contributed by atoms with van der Waals surface area (Å²) in [6.07, 6.45) is 3.46. The lowest BCUT2D eigenvalue weighted by Crippen LogP contribution is -2.44. The van der Waals surface area contributed by atoms with Gasteiger partial charge >= 0.3 is 0 Å². The Morgan fingerprint density at radius 2 is 2.19 bits per heavy atom. The van der Waals surface area contributed by atoms with Crippen LogP contribution in [-0.4, -0.2) is 61.8 Å². The SMILES string of the molecule is CCNC(=NCC1CCN(Cc2csc(CC)n2)CC1)NC(C)COC. The van der Waals surface area contributed by atoms with Crippen molar-refractivity contribution in [1.29, 1.82) is 0 Å². The van der Waals surface area contributed by atoms with Crippen LogP contribution in [-0.2, 0) is 17.7 Å². The molecule has 2 N–H and O–H groups in total. The number of rotatable bonds is 9. The Labute approximate surface area is 162 Å². The molecule has 2 heterocycles. The van der Waals surface area contributed by atoms with Crippen molar-refractivity contribution < 1.29 is 4.74 Å². The zero-order chi connectivity index (χ0) is 18.8. The third kappa shape index (κ3) is 7.21. The number of thiazole rings is 1. The van der Waals surface area contributed by atoms with Gasteiger partial charge < -0.3 is 15.4 Å². The maximum absolute atomic E-state index is 5.19. The number of aliphatic imine (C=N–C) groups is 1. The maximum atomic E-state index is 5.19. The third-order valence-electron chi connectivity index (χ3n) is 4.65. The molecule has 7 heteroatoms. The minimum Gasteiger partial charge on any atom is -0.383 e. The molecule has 26 heavy (non-hydrogen) atoms. The second-order valence-corrected chi connectivity index (χ2v) is 7.97. The fraction of sp³-hybridized carbons (Fsp3) is 0.789.